The van der Waals surface area contributed by atoms with Gasteiger partial charge in [0.25, 0.3) is 5.91 Å². The van der Waals surface area contributed by atoms with Gasteiger partial charge >= 0.3 is 0 Å². The number of rotatable bonds is 9. The Morgan fingerprint density at radius 3 is 2.65 bits per heavy atom. The summed E-state index contributed by atoms with van der Waals surface area (Å²) in [5.41, 5.74) is 2.49. The van der Waals surface area contributed by atoms with Crippen molar-refractivity contribution in [2.24, 2.45) is 5.92 Å². The van der Waals surface area contributed by atoms with Crippen LogP contribution in [0.1, 0.15) is 41.6 Å². The number of halogens is 1. The minimum Gasteiger partial charge on any atom is -0.358 e. The van der Waals surface area contributed by atoms with Gasteiger partial charge in [0.2, 0.25) is 6.41 Å². The van der Waals surface area contributed by atoms with Crippen LogP contribution in [0.2, 0.25) is 0 Å². The second-order valence-electron chi connectivity index (χ2n) is 9.11. The molecular weight excluding hydrogens is 431 g/mol. The monoisotopic (exact) mass is 462 g/mol. The van der Waals surface area contributed by atoms with E-state index in [0.717, 1.165) is 55.4 Å². The molecule has 1 saturated heterocycles. The van der Waals surface area contributed by atoms with E-state index < -0.39 is 0 Å². The molecule has 178 valence electrons. The lowest BCUT2D eigenvalue weighted by Gasteiger charge is -2.37. The van der Waals surface area contributed by atoms with E-state index >= 15 is 0 Å². The van der Waals surface area contributed by atoms with E-state index in [1.807, 2.05) is 49.4 Å². The highest BCUT2D eigenvalue weighted by molar-refractivity contribution is 5.97. The molecule has 0 unspecified atom stereocenters. The molecule has 4 rings (SSSR count). The summed E-state index contributed by atoms with van der Waals surface area (Å²) < 4.78 is 13.4. The predicted octanol–water partition coefficient (Wildman–Crippen LogP) is 3.73. The lowest BCUT2D eigenvalue weighted by atomic mass is 9.80. The Bertz CT molecular complexity index is 1110. The van der Waals surface area contributed by atoms with Crippen molar-refractivity contribution >= 4 is 23.2 Å². The Morgan fingerprint density at radius 2 is 1.91 bits per heavy atom. The summed E-state index contributed by atoms with van der Waals surface area (Å²) >= 11 is 0. The molecule has 34 heavy (non-hydrogen) atoms. The lowest BCUT2D eigenvalue weighted by molar-refractivity contribution is -0.109. The molecule has 1 aliphatic rings. The first kappa shape index (κ1) is 23.8. The molecule has 2 amide bonds. The molecule has 0 spiro atoms. The number of benzene rings is 2. The van der Waals surface area contributed by atoms with E-state index in [4.69, 9.17) is 0 Å². The van der Waals surface area contributed by atoms with Crippen molar-refractivity contribution in [3.8, 4) is 0 Å². The first-order chi connectivity index (χ1) is 16.5. The van der Waals surface area contributed by atoms with Gasteiger partial charge in [-0.25, -0.2) is 4.39 Å². The van der Waals surface area contributed by atoms with E-state index in [-0.39, 0.29) is 23.7 Å². The van der Waals surface area contributed by atoms with E-state index in [1.165, 1.54) is 12.1 Å². The largest absolute Gasteiger partial charge is 0.358 e. The highest BCUT2D eigenvalue weighted by Gasteiger charge is 2.28. The summed E-state index contributed by atoms with van der Waals surface area (Å²) in [5, 5.41) is 6.85. The maximum absolute atomic E-state index is 13.4. The molecule has 2 heterocycles. The van der Waals surface area contributed by atoms with Crippen LogP contribution in [0, 0.1) is 11.7 Å². The summed E-state index contributed by atoms with van der Waals surface area (Å²) in [4.78, 5) is 30.4. The van der Waals surface area contributed by atoms with Crippen molar-refractivity contribution in [1.82, 2.24) is 20.5 Å². The molecule has 0 saturated carbocycles. The second kappa shape index (κ2) is 11.2. The standard InChI is InChI=1S/C27H31FN4O2/c1-19(31-27(34)23-14-22-4-2-3-5-26(22)30-15-23)17-32-12-10-21(11-13-32)25(16-29-18-33)20-6-8-24(28)9-7-20/h2-9,14-15,18-19,21,25H,10-13,16-17H2,1H3,(H,29,33)(H,31,34)/t19-,25+/m0/s1. The minimum atomic E-state index is -0.254. The summed E-state index contributed by atoms with van der Waals surface area (Å²) in [6.07, 6.45) is 4.32. The quantitative estimate of drug-likeness (QED) is 0.475. The predicted molar refractivity (Wildman–Crippen MR) is 131 cm³/mol. The SMILES string of the molecule is C[C@@H](CN1CCC([C@H](CNC=O)c2ccc(F)cc2)CC1)NC(=O)c1cnc2ccccc2c1. The van der Waals surface area contributed by atoms with E-state index in [9.17, 15) is 14.0 Å². The number of nitrogens with one attached hydrogen (secondary N) is 2. The van der Waals surface area contributed by atoms with Crippen molar-refractivity contribution in [1.29, 1.82) is 0 Å². The smallest absolute Gasteiger partial charge is 0.253 e. The van der Waals surface area contributed by atoms with Crippen LogP contribution in [-0.4, -0.2) is 54.4 Å². The van der Waals surface area contributed by atoms with Gasteiger partial charge in [-0.15, -0.1) is 0 Å². The van der Waals surface area contributed by atoms with Crippen LogP contribution in [-0.2, 0) is 4.79 Å². The highest BCUT2D eigenvalue weighted by Crippen LogP contribution is 2.32. The number of hydrogen-bond donors (Lipinski definition) is 2. The van der Waals surface area contributed by atoms with Crippen LogP contribution in [0.15, 0.2) is 60.8 Å². The van der Waals surface area contributed by atoms with Crippen LogP contribution in [0.5, 0.6) is 0 Å². The van der Waals surface area contributed by atoms with Gasteiger partial charge in [-0.05, 0) is 68.6 Å². The van der Waals surface area contributed by atoms with Crippen molar-refractivity contribution in [3.63, 3.8) is 0 Å². The fraction of sp³-hybridized carbons (Fsp3) is 0.370. The second-order valence-corrected chi connectivity index (χ2v) is 9.11. The summed E-state index contributed by atoms with van der Waals surface area (Å²) in [6.45, 7) is 5.18. The van der Waals surface area contributed by atoms with Gasteiger partial charge in [0.05, 0.1) is 11.1 Å². The maximum atomic E-state index is 13.4. The number of nitrogens with zero attached hydrogens (tertiary/aromatic N) is 2. The number of amides is 2. The summed E-state index contributed by atoms with van der Waals surface area (Å²) in [6, 6.07) is 16.2. The topological polar surface area (TPSA) is 74.3 Å². The maximum Gasteiger partial charge on any atom is 0.253 e. The van der Waals surface area contributed by atoms with E-state index in [2.05, 4.69) is 20.5 Å². The Balaban J connectivity index is 1.30. The lowest BCUT2D eigenvalue weighted by Crippen LogP contribution is -2.45. The zero-order valence-corrected chi connectivity index (χ0v) is 19.4. The number of piperidine rings is 1. The molecule has 6 nitrogen and oxygen atoms in total. The molecule has 0 radical (unpaired) electrons. The van der Waals surface area contributed by atoms with Crippen molar-refractivity contribution < 1.29 is 14.0 Å². The summed E-state index contributed by atoms with van der Waals surface area (Å²) in [7, 11) is 0. The first-order valence-electron chi connectivity index (χ1n) is 11.8. The number of likely N-dealkylation sites (tertiary alicyclic amines) is 1. The van der Waals surface area contributed by atoms with Gasteiger partial charge in [0, 0.05) is 36.6 Å². The fourth-order valence-electron chi connectivity index (χ4n) is 4.91. The average molecular weight is 463 g/mol. The number of hydrogen-bond acceptors (Lipinski definition) is 4. The van der Waals surface area contributed by atoms with Crippen molar-refractivity contribution in [3.05, 3.63) is 77.7 Å². The zero-order chi connectivity index (χ0) is 23.9. The molecule has 2 N–H and O–H groups in total. The van der Waals surface area contributed by atoms with Crippen LogP contribution < -0.4 is 10.6 Å². The Morgan fingerprint density at radius 1 is 1.18 bits per heavy atom. The highest BCUT2D eigenvalue weighted by atomic mass is 19.1. The molecule has 0 aliphatic carbocycles. The molecule has 7 heteroatoms. The van der Waals surface area contributed by atoms with Gasteiger partial charge in [-0.3, -0.25) is 14.6 Å². The molecule has 3 aromatic rings. The average Bonchev–Trinajstić information content (AvgIpc) is 2.85. The van der Waals surface area contributed by atoms with Crippen LogP contribution in [0.3, 0.4) is 0 Å². The molecule has 2 aromatic carbocycles. The third kappa shape index (κ3) is 5.97. The molecular formula is C27H31FN4O2. The van der Waals surface area contributed by atoms with Crippen molar-refractivity contribution in [2.75, 3.05) is 26.2 Å². The Labute approximate surface area is 199 Å². The van der Waals surface area contributed by atoms with Gasteiger partial charge < -0.3 is 15.5 Å². The number of carbonyl (C=O) groups excluding carboxylic acids is 2. The molecule has 2 atom stereocenters. The minimum absolute atomic E-state index is 0.000135. The normalized spacial score (nSPS) is 16.6. The molecule has 1 aromatic heterocycles. The zero-order valence-electron chi connectivity index (χ0n) is 19.4. The Kier molecular flexibility index (Phi) is 7.85. The molecule has 1 fully saturated rings. The number of fused-ring (bicyclic) bond motifs is 1. The van der Waals surface area contributed by atoms with Crippen molar-refractivity contribution in [2.45, 2.75) is 31.7 Å². The fourth-order valence-corrected chi connectivity index (χ4v) is 4.91. The number of carbonyl (C=O) groups is 2. The van der Waals surface area contributed by atoms with E-state index in [1.54, 1.807) is 6.20 Å². The van der Waals surface area contributed by atoms with Crippen LogP contribution in [0.4, 0.5) is 4.39 Å². The van der Waals surface area contributed by atoms with E-state index in [0.29, 0.717) is 18.0 Å². The number of pyridine rings is 1. The molecule has 1 aliphatic heterocycles. The van der Waals surface area contributed by atoms with Gasteiger partial charge in [0.1, 0.15) is 5.82 Å². The first-order valence-corrected chi connectivity index (χ1v) is 11.8. The van der Waals surface area contributed by atoms with Gasteiger partial charge in [-0.2, -0.15) is 0 Å². The van der Waals surface area contributed by atoms with Gasteiger partial charge in [-0.1, -0.05) is 30.3 Å². The summed E-state index contributed by atoms with van der Waals surface area (Å²) in [5.74, 6) is 0.196. The van der Waals surface area contributed by atoms with Crippen LogP contribution >= 0.6 is 0 Å². The van der Waals surface area contributed by atoms with Crippen LogP contribution in [0.25, 0.3) is 10.9 Å². The Hall–Kier alpha value is -3.32. The third-order valence-electron chi connectivity index (χ3n) is 6.68. The van der Waals surface area contributed by atoms with Gasteiger partial charge in [0.15, 0.2) is 0 Å². The molecule has 0 bridgehead atoms. The number of aromatic nitrogens is 1. The number of para-hydroxylation sites is 1. The third-order valence-corrected chi connectivity index (χ3v) is 6.68.